The first kappa shape index (κ1) is 13.0. The summed E-state index contributed by atoms with van der Waals surface area (Å²) in [5.74, 6) is 0.532. The second-order valence-corrected chi connectivity index (χ2v) is 5.88. The van der Waals surface area contributed by atoms with Gasteiger partial charge in [-0.2, -0.15) is 0 Å². The van der Waals surface area contributed by atoms with E-state index >= 15 is 0 Å². The average molecular weight is 260 g/mol. The molecule has 1 aromatic heterocycles. The SMILES string of the molecule is Cc1c(N)cccc1NC(c1cccs1)C(C)C. The van der Waals surface area contributed by atoms with E-state index in [1.165, 1.54) is 4.88 Å². The van der Waals surface area contributed by atoms with Gasteiger partial charge in [0, 0.05) is 16.3 Å². The molecule has 2 nitrogen and oxygen atoms in total. The molecule has 2 rings (SSSR count). The second kappa shape index (κ2) is 5.44. The third kappa shape index (κ3) is 2.67. The molecule has 1 heterocycles. The van der Waals surface area contributed by atoms with Crippen LogP contribution in [0.2, 0.25) is 0 Å². The van der Waals surface area contributed by atoms with Crippen molar-refractivity contribution in [3.05, 3.63) is 46.2 Å². The maximum Gasteiger partial charge on any atom is 0.0629 e. The molecule has 0 aliphatic carbocycles. The van der Waals surface area contributed by atoms with E-state index in [4.69, 9.17) is 5.73 Å². The summed E-state index contributed by atoms with van der Waals surface area (Å²) in [6.07, 6.45) is 0. The monoisotopic (exact) mass is 260 g/mol. The van der Waals surface area contributed by atoms with Crippen molar-refractivity contribution in [2.24, 2.45) is 5.92 Å². The van der Waals surface area contributed by atoms with E-state index in [1.54, 1.807) is 11.3 Å². The van der Waals surface area contributed by atoms with Gasteiger partial charge in [0.1, 0.15) is 0 Å². The molecule has 0 radical (unpaired) electrons. The van der Waals surface area contributed by atoms with Gasteiger partial charge in [-0.3, -0.25) is 0 Å². The zero-order valence-corrected chi connectivity index (χ0v) is 11.9. The van der Waals surface area contributed by atoms with Gasteiger partial charge in [-0.1, -0.05) is 26.0 Å². The van der Waals surface area contributed by atoms with Gasteiger partial charge in [0.2, 0.25) is 0 Å². The third-order valence-corrected chi connectivity index (χ3v) is 4.16. The fourth-order valence-electron chi connectivity index (χ4n) is 2.01. The van der Waals surface area contributed by atoms with Crippen LogP contribution in [0.1, 0.15) is 30.3 Å². The summed E-state index contributed by atoms with van der Waals surface area (Å²) in [5, 5.41) is 5.74. The Morgan fingerprint density at radius 3 is 2.56 bits per heavy atom. The Labute approximate surface area is 113 Å². The molecule has 0 fully saturated rings. The summed E-state index contributed by atoms with van der Waals surface area (Å²) in [6, 6.07) is 10.7. The molecule has 0 saturated carbocycles. The van der Waals surface area contributed by atoms with E-state index in [9.17, 15) is 0 Å². The highest BCUT2D eigenvalue weighted by molar-refractivity contribution is 7.10. The van der Waals surface area contributed by atoms with Crippen molar-refractivity contribution in [2.45, 2.75) is 26.8 Å². The van der Waals surface area contributed by atoms with Crippen LogP contribution >= 0.6 is 11.3 Å². The Kier molecular flexibility index (Phi) is 3.92. The van der Waals surface area contributed by atoms with Gasteiger partial charge >= 0.3 is 0 Å². The predicted octanol–water partition coefficient (Wildman–Crippen LogP) is 4.45. The Morgan fingerprint density at radius 1 is 1.17 bits per heavy atom. The normalized spacial score (nSPS) is 12.7. The van der Waals surface area contributed by atoms with Crippen molar-refractivity contribution in [3.8, 4) is 0 Å². The maximum absolute atomic E-state index is 5.95. The largest absolute Gasteiger partial charge is 0.398 e. The maximum atomic E-state index is 5.95. The minimum atomic E-state index is 0.338. The predicted molar refractivity (Wildman–Crippen MR) is 81.1 cm³/mol. The lowest BCUT2D eigenvalue weighted by Gasteiger charge is -2.24. The number of nitrogens with one attached hydrogen (secondary N) is 1. The quantitative estimate of drug-likeness (QED) is 0.797. The number of rotatable bonds is 4. The number of hydrogen-bond acceptors (Lipinski definition) is 3. The first-order valence-electron chi connectivity index (χ1n) is 6.24. The van der Waals surface area contributed by atoms with Crippen molar-refractivity contribution in [2.75, 3.05) is 11.1 Å². The summed E-state index contributed by atoms with van der Waals surface area (Å²) in [6.45, 7) is 6.53. The van der Waals surface area contributed by atoms with Gasteiger partial charge in [0.25, 0.3) is 0 Å². The number of anilines is 2. The van der Waals surface area contributed by atoms with E-state index in [2.05, 4.69) is 49.7 Å². The van der Waals surface area contributed by atoms with E-state index in [1.807, 2.05) is 12.1 Å². The van der Waals surface area contributed by atoms with Crippen LogP contribution in [0.3, 0.4) is 0 Å². The zero-order valence-electron chi connectivity index (χ0n) is 11.1. The van der Waals surface area contributed by atoms with Crippen LogP contribution < -0.4 is 11.1 Å². The first-order valence-corrected chi connectivity index (χ1v) is 7.12. The lowest BCUT2D eigenvalue weighted by molar-refractivity contribution is 0.553. The van der Waals surface area contributed by atoms with Crippen LogP contribution in [0.4, 0.5) is 11.4 Å². The van der Waals surface area contributed by atoms with Crippen LogP contribution in [0.25, 0.3) is 0 Å². The van der Waals surface area contributed by atoms with Gasteiger partial charge in [-0.05, 0) is 42.0 Å². The molecule has 0 aliphatic rings. The second-order valence-electron chi connectivity index (χ2n) is 4.90. The van der Waals surface area contributed by atoms with E-state index in [0.29, 0.717) is 12.0 Å². The molecule has 3 heteroatoms. The van der Waals surface area contributed by atoms with Crippen molar-refractivity contribution in [3.63, 3.8) is 0 Å². The molecule has 1 aromatic carbocycles. The summed E-state index contributed by atoms with van der Waals surface area (Å²) < 4.78 is 0. The molecule has 2 aromatic rings. The third-order valence-electron chi connectivity index (χ3n) is 3.20. The van der Waals surface area contributed by atoms with Gasteiger partial charge in [-0.25, -0.2) is 0 Å². The molecule has 0 bridgehead atoms. The fourth-order valence-corrected chi connectivity index (χ4v) is 2.96. The van der Waals surface area contributed by atoms with Crippen molar-refractivity contribution in [1.29, 1.82) is 0 Å². The summed E-state index contributed by atoms with van der Waals surface area (Å²) in [7, 11) is 0. The standard InChI is InChI=1S/C15H20N2S/c1-10(2)15(14-8-5-9-18-14)17-13-7-4-6-12(16)11(13)3/h4-10,15,17H,16H2,1-3H3. The van der Waals surface area contributed by atoms with Crippen molar-refractivity contribution >= 4 is 22.7 Å². The minimum Gasteiger partial charge on any atom is -0.398 e. The highest BCUT2D eigenvalue weighted by Gasteiger charge is 2.17. The molecule has 0 amide bonds. The van der Waals surface area contributed by atoms with Crippen LogP contribution in [-0.4, -0.2) is 0 Å². The molecule has 18 heavy (non-hydrogen) atoms. The molecule has 0 saturated heterocycles. The summed E-state index contributed by atoms with van der Waals surface area (Å²) in [4.78, 5) is 1.37. The molecule has 0 aliphatic heterocycles. The van der Waals surface area contributed by atoms with Gasteiger partial charge in [0.05, 0.1) is 6.04 Å². The number of nitrogens with two attached hydrogens (primary N) is 1. The zero-order chi connectivity index (χ0) is 13.1. The topological polar surface area (TPSA) is 38.0 Å². The van der Waals surface area contributed by atoms with Gasteiger partial charge < -0.3 is 11.1 Å². The Bertz CT molecular complexity index is 503. The molecule has 0 spiro atoms. The molecule has 1 atom stereocenters. The van der Waals surface area contributed by atoms with Gasteiger partial charge in [-0.15, -0.1) is 11.3 Å². The highest BCUT2D eigenvalue weighted by atomic mass is 32.1. The van der Waals surface area contributed by atoms with Crippen molar-refractivity contribution < 1.29 is 0 Å². The van der Waals surface area contributed by atoms with E-state index in [0.717, 1.165) is 16.9 Å². The summed E-state index contributed by atoms with van der Waals surface area (Å²) in [5.41, 5.74) is 9.05. The number of benzene rings is 1. The van der Waals surface area contributed by atoms with E-state index in [-0.39, 0.29) is 0 Å². The minimum absolute atomic E-state index is 0.338. The lowest BCUT2D eigenvalue weighted by Crippen LogP contribution is -2.16. The molecular formula is C15H20N2S. The fraction of sp³-hybridized carbons (Fsp3) is 0.333. The highest BCUT2D eigenvalue weighted by Crippen LogP contribution is 2.31. The Balaban J connectivity index is 2.27. The molecule has 3 N–H and O–H groups in total. The van der Waals surface area contributed by atoms with E-state index < -0.39 is 0 Å². The van der Waals surface area contributed by atoms with Crippen LogP contribution in [0, 0.1) is 12.8 Å². The first-order chi connectivity index (χ1) is 8.59. The number of hydrogen-bond donors (Lipinski definition) is 2. The lowest BCUT2D eigenvalue weighted by atomic mass is 10.0. The smallest absolute Gasteiger partial charge is 0.0629 e. The Hall–Kier alpha value is -1.48. The molecule has 96 valence electrons. The molecular weight excluding hydrogens is 240 g/mol. The van der Waals surface area contributed by atoms with Crippen LogP contribution in [0.15, 0.2) is 35.7 Å². The number of nitrogen functional groups attached to an aromatic ring is 1. The van der Waals surface area contributed by atoms with Gasteiger partial charge in [0.15, 0.2) is 0 Å². The van der Waals surface area contributed by atoms with Crippen LogP contribution in [0.5, 0.6) is 0 Å². The number of thiophene rings is 1. The van der Waals surface area contributed by atoms with Crippen molar-refractivity contribution in [1.82, 2.24) is 0 Å². The van der Waals surface area contributed by atoms with Crippen LogP contribution in [-0.2, 0) is 0 Å². The Morgan fingerprint density at radius 2 is 1.94 bits per heavy atom. The molecule has 1 unspecified atom stereocenters. The average Bonchev–Trinajstić information content (AvgIpc) is 2.84. The summed E-state index contributed by atoms with van der Waals surface area (Å²) >= 11 is 1.79.